The van der Waals surface area contributed by atoms with E-state index < -0.39 is 5.41 Å². The second-order valence-electron chi connectivity index (χ2n) is 4.67. The number of nitrogens with zero attached hydrogens (tertiary/aromatic N) is 1. The normalized spacial score (nSPS) is 18.6. The van der Waals surface area contributed by atoms with E-state index in [9.17, 15) is 5.26 Å². The van der Waals surface area contributed by atoms with Crippen molar-refractivity contribution in [1.29, 1.82) is 5.26 Å². The molecule has 1 aromatic rings. The van der Waals surface area contributed by atoms with E-state index in [4.69, 9.17) is 15.2 Å². The highest BCUT2D eigenvalue weighted by atomic mass is 16.5. The van der Waals surface area contributed by atoms with E-state index in [0.717, 1.165) is 17.7 Å². The van der Waals surface area contributed by atoms with Crippen molar-refractivity contribution in [1.82, 2.24) is 0 Å². The van der Waals surface area contributed by atoms with Crippen LogP contribution in [0.3, 0.4) is 0 Å². The number of nitrogens with two attached hydrogens (primary N) is 1. The third-order valence-electron chi connectivity index (χ3n) is 3.57. The minimum absolute atomic E-state index is 0.377. The Labute approximate surface area is 107 Å². The molecule has 0 spiro atoms. The van der Waals surface area contributed by atoms with Crippen LogP contribution in [-0.4, -0.2) is 20.3 Å². The van der Waals surface area contributed by atoms with Gasteiger partial charge in [0.05, 0.1) is 32.4 Å². The first kappa shape index (κ1) is 12.9. The van der Waals surface area contributed by atoms with E-state index in [-0.39, 0.29) is 6.04 Å². The van der Waals surface area contributed by atoms with Crippen molar-refractivity contribution < 1.29 is 9.47 Å². The maximum atomic E-state index is 9.31. The largest absolute Gasteiger partial charge is 0.496 e. The zero-order valence-electron chi connectivity index (χ0n) is 10.8. The lowest BCUT2D eigenvalue weighted by Gasteiger charge is -2.40. The van der Waals surface area contributed by atoms with Gasteiger partial charge >= 0.3 is 0 Å². The van der Waals surface area contributed by atoms with Gasteiger partial charge in [0.25, 0.3) is 0 Å². The van der Waals surface area contributed by atoms with Crippen molar-refractivity contribution in [2.75, 3.05) is 20.3 Å². The molecular formula is C14H18N2O2. The van der Waals surface area contributed by atoms with Gasteiger partial charge in [-0.3, -0.25) is 0 Å². The Balaban J connectivity index is 2.39. The zero-order valence-corrected chi connectivity index (χ0v) is 10.8. The van der Waals surface area contributed by atoms with Gasteiger partial charge in [-0.25, -0.2) is 0 Å². The highest BCUT2D eigenvalue weighted by Crippen LogP contribution is 2.41. The number of methoxy groups -OCH3 is 1. The summed E-state index contributed by atoms with van der Waals surface area (Å²) in [5, 5.41) is 9.31. The predicted octanol–water partition coefficient (Wildman–Crippen LogP) is 1.80. The van der Waals surface area contributed by atoms with Gasteiger partial charge in [-0.1, -0.05) is 19.1 Å². The van der Waals surface area contributed by atoms with E-state index >= 15 is 0 Å². The fourth-order valence-corrected chi connectivity index (χ4v) is 2.18. The molecule has 0 saturated carbocycles. The minimum atomic E-state index is -0.611. The molecule has 96 valence electrons. The van der Waals surface area contributed by atoms with Crippen molar-refractivity contribution in [3.8, 4) is 11.8 Å². The molecule has 1 aromatic carbocycles. The van der Waals surface area contributed by atoms with Crippen molar-refractivity contribution in [3.63, 3.8) is 0 Å². The molecule has 0 radical (unpaired) electrons. The van der Waals surface area contributed by atoms with Crippen molar-refractivity contribution in [2.24, 2.45) is 11.1 Å². The molecule has 1 aliphatic heterocycles. The van der Waals surface area contributed by atoms with Gasteiger partial charge in [0.2, 0.25) is 0 Å². The Kier molecular flexibility index (Phi) is 3.55. The first-order valence-electron chi connectivity index (χ1n) is 6.08. The maximum Gasteiger partial charge on any atom is 0.123 e. The summed E-state index contributed by atoms with van der Waals surface area (Å²) in [4.78, 5) is 0. The van der Waals surface area contributed by atoms with Crippen LogP contribution in [-0.2, 0) is 11.2 Å². The number of rotatable bonds is 4. The molecule has 2 N–H and O–H groups in total. The minimum Gasteiger partial charge on any atom is -0.496 e. The molecule has 1 saturated heterocycles. The molecule has 4 nitrogen and oxygen atoms in total. The molecule has 2 rings (SSSR count). The highest BCUT2D eigenvalue weighted by molar-refractivity contribution is 5.41. The summed E-state index contributed by atoms with van der Waals surface area (Å²) in [6, 6.07) is 7.88. The molecular weight excluding hydrogens is 228 g/mol. The van der Waals surface area contributed by atoms with Crippen LogP contribution in [0.1, 0.15) is 24.1 Å². The molecule has 0 amide bonds. The van der Waals surface area contributed by atoms with Crippen LogP contribution in [0.15, 0.2) is 18.2 Å². The van der Waals surface area contributed by atoms with Crippen LogP contribution in [0.4, 0.5) is 0 Å². The molecule has 0 aliphatic carbocycles. The molecule has 1 fully saturated rings. The number of hydrogen-bond donors (Lipinski definition) is 1. The van der Waals surface area contributed by atoms with E-state index in [1.54, 1.807) is 7.11 Å². The number of aryl methyl sites for hydroxylation is 1. The summed E-state index contributed by atoms with van der Waals surface area (Å²) >= 11 is 0. The summed E-state index contributed by atoms with van der Waals surface area (Å²) in [5.41, 5.74) is 7.73. The molecule has 1 aliphatic rings. The van der Waals surface area contributed by atoms with Gasteiger partial charge in [-0.15, -0.1) is 0 Å². The third-order valence-corrected chi connectivity index (χ3v) is 3.57. The number of ether oxygens (including phenoxy) is 2. The standard InChI is InChI=1S/C14H18N2O2/c1-3-10-4-5-12(17-2)11(6-10)13(16)14(7-15)8-18-9-14/h4-6,13H,3,8-9,16H2,1-2H3. The van der Waals surface area contributed by atoms with E-state index in [0.29, 0.717) is 13.2 Å². The van der Waals surface area contributed by atoms with Crippen LogP contribution < -0.4 is 10.5 Å². The number of hydrogen-bond acceptors (Lipinski definition) is 4. The smallest absolute Gasteiger partial charge is 0.123 e. The third kappa shape index (κ3) is 1.96. The molecule has 0 bridgehead atoms. The fourth-order valence-electron chi connectivity index (χ4n) is 2.18. The molecule has 1 unspecified atom stereocenters. The topological polar surface area (TPSA) is 68.3 Å². The van der Waals surface area contributed by atoms with E-state index in [1.165, 1.54) is 5.56 Å². The van der Waals surface area contributed by atoms with Crippen LogP contribution in [0.5, 0.6) is 5.75 Å². The molecule has 4 heteroatoms. The molecule has 18 heavy (non-hydrogen) atoms. The van der Waals surface area contributed by atoms with Crippen LogP contribution >= 0.6 is 0 Å². The molecule has 1 heterocycles. The number of benzene rings is 1. The lowest BCUT2D eigenvalue weighted by molar-refractivity contribution is -0.0913. The fraction of sp³-hybridized carbons (Fsp3) is 0.500. The predicted molar refractivity (Wildman–Crippen MR) is 68.2 cm³/mol. The lowest BCUT2D eigenvalue weighted by Crippen LogP contribution is -2.49. The van der Waals surface area contributed by atoms with Crippen molar-refractivity contribution in [2.45, 2.75) is 19.4 Å². The first-order chi connectivity index (χ1) is 8.66. The Hall–Kier alpha value is -1.57. The van der Waals surface area contributed by atoms with Gasteiger partial charge in [0.1, 0.15) is 11.2 Å². The monoisotopic (exact) mass is 246 g/mol. The van der Waals surface area contributed by atoms with E-state index in [2.05, 4.69) is 13.0 Å². The van der Waals surface area contributed by atoms with Crippen molar-refractivity contribution >= 4 is 0 Å². The van der Waals surface area contributed by atoms with Gasteiger partial charge in [0.15, 0.2) is 0 Å². The Morgan fingerprint density at radius 1 is 1.56 bits per heavy atom. The second kappa shape index (κ2) is 4.97. The van der Waals surface area contributed by atoms with Crippen LogP contribution in [0, 0.1) is 16.7 Å². The zero-order chi connectivity index (χ0) is 13.2. The van der Waals surface area contributed by atoms with Gasteiger partial charge in [0, 0.05) is 5.56 Å². The van der Waals surface area contributed by atoms with Crippen LogP contribution in [0.2, 0.25) is 0 Å². The highest BCUT2D eigenvalue weighted by Gasteiger charge is 2.46. The van der Waals surface area contributed by atoms with Gasteiger partial charge < -0.3 is 15.2 Å². The molecule has 1 atom stereocenters. The van der Waals surface area contributed by atoms with Crippen LogP contribution in [0.25, 0.3) is 0 Å². The van der Waals surface area contributed by atoms with Gasteiger partial charge in [-0.05, 0) is 18.1 Å². The summed E-state index contributed by atoms with van der Waals surface area (Å²) < 4.78 is 10.5. The summed E-state index contributed by atoms with van der Waals surface area (Å²) in [5.74, 6) is 0.737. The Morgan fingerprint density at radius 2 is 2.28 bits per heavy atom. The maximum absolute atomic E-state index is 9.31. The number of nitriles is 1. The summed E-state index contributed by atoms with van der Waals surface area (Å²) in [6.45, 7) is 2.87. The van der Waals surface area contributed by atoms with Gasteiger partial charge in [-0.2, -0.15) is 5.26 Å². The first-order valence-corrected chi connectivity index (χ1v) is 6.08. The quantitative estimate of drug-likeness (QED) is 0.879. The summed E-state index contributed by atoms with van der Waals surface area (Å²) in [6.07, 6.45) is 0.930. The van der Waals surface area contributed by atoms with Crippen molar-refractivity contribution in [3.05, 3.63) is 29.3 Å². The lowest BCUT2D eigenvalue weighted by atomic mass is 9.76. The SMILES string of the molecule is CCc1ccc(OC)c(C(N)C2(C#N)COC2)c1. The second-order valence-corrected chi connectivity index (χ2v) is 4.67. The van der Waals surface area contributed by atoms with E-state index in [1.807, 2.05) is 18.2 Å². The average molecular weight is 246 g/mol. The summed E-state index contributed by atoms with van der Waals surface area (Å²) in [7, 11) is 1.62. The Morgan fingerprint density at radius 3 is 2.72 bits per heavy atom. The average Bonchev–Trinajstić information content (AvgIpc) is 2.37. The molecule has 0 aromatic heterocycles. The Bertz CT molecular complexity index is 475.